The van der Waals surface area contributed by atoms with E-state index >= 15 is 0 Å². The van der Waals surface area contributed by atoms with Gasteiger partial charge in [-0.25, -0.2) is 0 Å². The topological polar surface area (TPSA) is 58.0 Å². The van der Waals surface area contributed by atoms with Gasteiger partial charge in [0.05, 0.1) is 17.6 Å². The molecule has 3 rings (SSSR count). The van der Waals surface area contributed by atoms with E-state index in [-0.39, 0.29) is 12.6 Å². The third kappa shape index (κ3) is 3.27. The number of rotatable bonds is 6. The van der Waals surface area contributed by atoms with E-state index in [0.717, 1.165) is 40.3 Å². The van der Waals surface area contributed by atoms with Crippen molar-refractivity contribution in [3.8, 4) is 0 Å². The molecule has 120 valence electrons. The van der Waals surface area contributed by atoms with Gasteiger partial charge < -0.3 is 10.4 Å². The third-order valence-electron chi connectivity index (χ3n) is 4.45. The maximum absolute atomic E-state index is 9.69. The zero-order valence-corrected chi connectivity index (χ0v) is 13.7. The maximum atomic E-state index is 9.69. The summed E-state index contributed by atoms with van der Waals surface area (Å²) in [5, 5.41) is 15.3. The first-order valence-electron chi connectivity index (χ1n) is 8.22. The van der Waals surface area contributed by atoms with E-state index in [9.17, 15) is 5.11 Å². The molecule has 23 heavy (non-hydrogen) atoms. The molecule has 0 aliphatic rings. The Morgan fingerprint density at radius 3 is 2.70 bits per heavy atom. The molecule has 0 saturated heterocycles. The predicted octanol–water partition coefficient (Wildman–Crippen LogP) is 3.99. The van der Waals surface area contributed by atoms with Gasteiger partial charge in [-0.2, -0.15) is 0 Å². The molecule has 1 aromatic carbocycles. The largest absolute Gasteiger partial charge is 0.394 e. The van der Waals surface area contributed by atoms with Gasteiger partial charge in [0.25, 0.3) is 0 Å². The molecule has 3 aromatic rings. The quantitative estimate of drug-likeness (QED) is 0.676. The van der Waals surface area contributed by atoms with Crippen molar-refractivity contribution in [3.63, 3.8) is 0 Å². The standard InChI is InChI=1S/C19H23N3O/c1-3-13(2)11-15(12-23)22-17-8-10-21-19-16(17)7-6-14-5-4-9-20-18(14)19/h4-10,13,15,23H,3,11-12H2,1-2H3,(H,21,22). The summed E-state index contributed by atoms with van der Waals surface area (Å²) >= 11 is 0. The Balaban J connectivity index is 1.99. The van der Waals surface area contributed by atoms with Crippen molar-refractivity contribution in [2.75, 3.05) is 11.9 Å². The van der Waals surface area contributed by atoms with Crippen LogP contribution in [0.2, 0.25) is 0 Å². The van der Waals surface area contributed by atoms with Crippen LogP contribution in [0.5, 0.6) is 0 Å². The summed E-state index contributed by atoms with van der Waals surface area (Å²) in [7, 11) is 0. The van der Waals surface area contributed by atoms with E-state index in [2.05, 4.69) is 41.3 Å². The molecule has 0 fully saturated rings. The van der Waals surface area contributed by atoms with Crippen molar-refractivity contribution in [1.82, 2.24) is 9.97 Å². The Bertz CT molecular complexity index is 803. The highest BCUT2D eigenvalue weighted by atomic mass is 16.3. The summed E-state index contributed by atoms with van der Waals surface area (Å²) in [6.07, 6.45) is 5.66. The Morgan fingerprint density at radius 1 is 1.09 bits per heavy atom. The molecule has 2 atom stereocenters. The number of aromatic nitrogens is 2. The van der Waals surface area contributed by atoms with Crippen molar-refractivity contribution in [1.29, 1.82) is 0 Å². The highest BCUT2D eigenvalue weighted by Crippen LogP contribution is 2.28. The van der Waals surface area contributed by atoms with Crippen LogP contribution in [0.15, 0.2) is 42.7 Å². The van der Waals surface area contributed by atoms with Crippen LogP contribution in [0.1, 0.15) is 26.7 Å². The Labute approximate surface area is 136 Å². The fourth-order valence-electron chi connectivity index (χ4n) is 2.93. The molecule has 2 N–H and O–H groups in total. The van der Waals surface area contributed by atoms with Gasteiger partial charge in [-0.1, -0.05) is 32.4 Å². The molecule has 2 unspecified atom stereocenters. The molecule has 4 heteroatoms. The second kappa shape index (κ2) is 6.92. The average Bonchev–Trinajstić information content (AvgIpc) is 2.60. The minimum Gasteiger partial charge on any atom is -0.394 e. The van der Waals surface area contributed by atoms with Gasteiger partial charge in [0.15, 0.2) is 0 Å². The van der Waals surface area contributed by atoms with Gasteiger partial charge in [-0.15, -0.1) is 0 Å². The number of aliphatic hydroxyl groups is 1. The summed E-state index contributed by atoms with van der Waals surface area (Å²) < 4.78 is 0. The molecule has 0 aliphatic carbocycles. The molecule has 0 aliphatic heterocycles. The van der Waals surface area contributed by atoms with Crippen molar-refractivity contribution in [3.05, 3.63) is 42.7 Å². The van der Waals surface area contributed by atoms with Crippen molar-refractivity contribution < 1.29 is 5.11 Å². The average molecular weight is 309 g/mol. The maximum Gasteiger partial charge on any atom is 0.0985 e. The van der Waals surface area contributed by atoms with Gasteiger partial charge in [0.2, 0.25) is 0 Å². The lowest BCUT2D eigenvalue weighted by atomic mass is 9.99. The number of nitrogens with one attached hydrogen (secondary N) is 1. The fraction of sp³-hybridized carbons (Fsp3) is 0.368. The second-order valence-corrected chi connectivity index (χ2v) is 6.17. The Morgan fingerprint density at radius 2 is 1.91 bits per heavy atom. The molecular weight excluding hydrogens is 286 g/mol. The Kier molecular flexibility index (Phi) is 4.72. The molecule has 4 nitrogen and oxygen atoms in total. The molecule has 0 bridgehead atoms. The molecule has 2 aromatic heterocycles. The summed E-state index contributed by atoms with van der Waals surface area (Å²) in [5.74, 6) is 0.579. The zero-order valence-electron chi connectivity index (χ0n) is 13.7. The zero-order chi connectivity index (χ0) is 16.2. The molecular formula is C19H23N3O. The third-order valence-corrected chi connectivity index (χ3v) is 4.45. The van der Waals surface area contributed by atoms with Crippen LogP contribution < -0.4 is 5.32 Å². The second-order valence-electron chi connectivity index (χ2n) is 6.17. The summed E-state index contributed by atoms with van der Waals surface area (Å²) in [5.41, 5.74) is 2.81. The molecule has 0 amide bonds. The van der Waals surface area contributed by atoms with Gasteiger partial charge >= 0.3 is 0 Å². The van der Waals surface area contributed by atoms with Crippen LogP contribution in [0.4, 0.5) is 5.69 Å². The first kappa shape index (κ1) is 15.7. The van der Waals surface area contributed by atoms with E-state index < -0.39 is 0 Å². The van der Waals surface area contributed by atoms with E-state index in [1.807, 2.05) is 18.2 Å². The van der Waals surface area contributed by atoms with Crippen LogP contribution in [0.3, 0.4) is 0 Å². The van der Waals surface area contributed by atoms with E-state index in [1.54, 1.807) is 12.4 Å². The van der Waals surface area contributed by atoms with Crippen LogP contribution >= 0.6 is 0 Å². The number of benzene rings is 1. The number of hydrogen-bond acceptors (Lipinski definition) is 4. The number of nitrogens with zero attached hydrogens (tertiary/aromatic N) is 2. The monoisotopic (exact) mass is 309 g/mol. The van der Waals surface area contributed by atoms with Gasteiger partial charge in [0.1, 0.15) is 0 Å². The fourth-order valence-corrected chi connectivity index (χ4v) is 2.93. The Hall–Kier alpha value is -2.20. The van der Waals surface area contributed by atoms with Crippen LogP contribution in [-0.4, -0.2) is 27.7 Å². The first-order chi connectivity index (χ1) is 11.2. The summed E-state index contributed by atoms with van der Waals surface area (Å²) in [6, 6.07) is 10.1. The minimum absolute atomic E-state index is 0.0509. The lowest BCUT2D eigenvalue weighted by Gasteiger charge is -2.21. The smallest absolute Gasteiger partial charge is 0.0985 e. The number of pyridine rings is 2. The van der Waals surface area contributed by atoms with E-state index in [1.165, 1.54) is 0 Å². The van der Waals surface area contributed by atoms with Gasteiger partial charge in [-0.05, 0) is 30.5 Å². The number of anilines is 1. The minimum atomic E-state index is 0.0509. The van der Waals surface area contributed by atoms with Gasteiger partial charge in [-0.3, -0.25) is 9.97 Å². The van der Waals surface area contributed by atoms with Crippen molar-refractivity contribution in [2.45, 2.75) is 32.7 Å². The number of aliphatic hydroxyl groups excluding tert-OH is 1. The normalized spacial score (nSPS) is 14.0. The van der Waals surface area contributed by atoms with E-state index in [0.29, 0.717) is 5.92 Å². The SMILES string of the molecule is CCC(C)CC(CO)Nc1ccnc2c1ccc1cccnc12. The number of fused-ring (bicyclic) bond motifs is 3. The van der Waals surface area contributed by atoms with Crippen LogP contribution in [-0.2, 0) is 0 Å². The highest BCUT2D eigenvalue weighted by Gasteiger charge is 2.13. The first-order valence-corrected chi connectivity index (χ1v) is 8.22. The molecule has 0 spiro atoms. The molecule has 0 radical (unpaired) electrons. The molecule has 2 heterocycles. The van der Waals surface area contributed by atoms with Crippen LogP contribution in [0, 0.1) is 5.92 Å². The molecule has 0 saturated carbocycles. The highest BCUT2D eigenvalue weighted by molar-refractivity contribution is 6.07. The number of hydrogen-bond donors (Lipinski definition) is 2. The lowest BCUT2D eigenvalue weighted by molar-refractivity contribution is 0.256. The van der Waals surface area contributed by atoms with E-state index in [4.69, 9.17) is 0 Å². The van der Waals surface area contributed by atoms with Crippen molar-refractivity contribution >= 4 is 27.5 Å². The summed E-state index contributed by atoms with van der Waals surface area (Å²) in [4.78, 5) is 8.99. The lowest BCUT2D eigenvalue weighted by Crippen LogP contribution is -2.26. The van der Waals surface area contributed by atoms with Crippen LogP contribution in [0.25, 0.3) is 21.8 Å². The van der Waals surface area contributed by atoms with Gasteiger partial charge in [0, 0.05) is 34.9 Å². The van der Waals surface area contributed by atoms with Crippen molar-refractivity contribution in [2.24, 2.45) is 5.92 Å². The predicted molar refractivity (Wildman–Crippen MR) is 95.6 cm³/mol. The summed E-state index contributed by atoms with van der Waals surface area (Å²) in [6.45, 7) is 4.52.